The van der Waals surface area contributed by atoms with E-state index in [-0.39, 0.29) is 5.95 Å². The van der Waals surface area contributed by atoms with Gasteiger partial charge in [0.2, 0.25) is 5.95 Å². The molecule has 8 heteroatoms. The van der Waals surface area contributed by atoms with E-state index in [2.05, 4.69) is 20.6 Å². The van der Waals surface area contributed by atoms with Gasteiger partial charge in [-0.1, -0.05) is 23.2 Å². The molecular formula is C14H15Cl2N5O. The first-order valence-electron chi connectivity index (χ1n) is 6.41. The van der Waals surface area contributed by atoms with E-state index < -0.39 is 6.03 Å². The van der Waals surface area contributed by atoms with Crippen LogP contribution in [0.3, 0.4) is 0 Å². The van der Waals surface area contributed by atoms with Crippen LogP contribution in [0.4, 0.5) is 22.2 Å². The molecule has 0 fully saturated rings. The Morgan fingerprint density at radius 1 is 1.09 bits per heavy atom. The quantitative estimate of drug-likeness (QED) is 0.892. The van der Waals surface area contributed by atoms with Crippen LogP contribution in [0.15, 0.2) is 24.3 Å². The van der Waals surface area contributed by atoms with Gasteiger partial charge in [0, 0.05) is 31.5 Å². The highest BCUT2D eigenvalue weighted by Gasteiger charge is 2.09. The summed E-state index contributed by atoms with van der Waals surface area (Å²) < 4.78 is 0. The first-order chi connectivity index (χ1) is 10.3. The lowest BCUT2D eigenvalue weighted by Gasteiger charge is -2.13. The molecule has 0 aliphatic heterocycles. The Morgan fingerprint density at radius 2 is 1.82 bits per heavy atom. The first kappa shape index (κ1) is 16.3. The van der Waals surface area contributed by atoms with E-state index in [4.69, 9.17) is 23.2 Å². The van der Waals surface area contributed by atoms with Crippen LogP contribution in [0, 0.1) is 6.92 Å². The normalized spacial score (nSPS) is 10.2. The number of halogens is 2. The van der Waals surface area contributed by atoms with Gasteiger partial charge >= 0.3 is 6.03 Å². The van der Waals surface area contributed by atoms with Crippen molar-refractivity contribution in [2.45, 2.75) is 6.92 Å². The highest BCUT2D eigenvalue weighted by molar-refractivity contribution is 6.42. The van der Waals surface area contributed by atoms with E-state index >= 15 is 0 Å². The van der Waals surface area contributed by atoms with Crippen LogP contribution in [0.1, 0.15) is 5.69 Å². The largest absolute Gasteiger partial charge is 0.363 e. The predicted octanol–water partition coefficient (Wildman–Crippen LogP) is 3.80. The number of aryl methyl sites for hydroxylation is 1. The Balaban J connectivity index is 2.10. The molecule has 0 saturated carbocycles. The lowest BCUT2D eigenvalue weighted by Crippen LogP contribution is -2.22. The second-order valence-corrected chi connectivity index (χ2v) is 5.61. The van der Waals surface area contributed by atoms with Crippen LogP contribution in [-0.2, 0) is 0 Å². The number of aromatic nitrogens is 2. The summed E-state index contributed by atoms with van der Waals surface area (Å²) in [5, 5.41) is 6.01. The smallest absolute Gasteiger partial charge is 0.326 e. The van der Waals surface area contributed by atoms with Crippen molar-refractivity contribution in [2.75, 3.05) is 29.6 Å². The molecule has 0 aliphatic carbocycles. The van der Waals surface area contributed by atoms with Crippen molar-refractivity contribution in [3.8, 4) is 0 Å². The molecular weight excluding hydrogens is 325 g/mol. The van der Waals surface area contributed by atoms with Crippen LogP contribution < -0.4 is 15.5 Å². The summed E-state index contributed by atoms with van der Waals surface area (Å²) >= 11 is 11.7. The van der Waals surface area contributed by atoms with Crippen LogP contribution in [0.5, 0.6) is 0 Å². The average molecular weight is 340 g/mol. The zero-order valence-corrected chi connectivity index (χ0v) is 13.8. The fraction of sp³-hybridized carbons (Fsp3) is 0.214. The van der Waals surface area contributed by atoms with Crippen molar-refractivity contribution >= 4 is 46.7 Å². The molecule has 0 saturated heterocycles. The average Bonchev–Trinajstić information content (AvgIpc) is 2.42. The maximum atomic E-state index is 12.0. The third kappa shape index (κ3) is 4.22. The van der Waals surface area contributed by atoms with Crippen molar-refractivity contribution in [1.29, 1.82) is 0 Å². The van der Waals surface area contributed by atoms with Crippen molar-refractivity contribution in [3.63, 3.8) is 0 Å². The predicted molar refractivity (Wildman–Crippen MR) is 90.2 cm³/mol. The fourth-order valence-electron chi connectivity index (χ4n) is 1.67. The van der Waals surface area contributed by atoms with Crippen LogP contribution in [0.25, 0.3) is 0 Å². The van der Waals surface area contributed by atoms with Gasteiger partial charge in [0.15, 0.2) is 0 Å². The maximum Gasteiger partial charge on any atom is 0.326 e. The third-order valence-electron chi connectivity index (χ3n) is 2.70. The number of hydrogen-bond acceptors (Lipinski definition) is 4. The third-order valence-corrected chi connectivity index (χ3v) is 3.44. The molecule has 1 aromatic carbocycles. The lowest BCUT2D eigenvalue weighted by molar-refractivity contribution is 0.262. The summed E-state index contributed by atoms with van der Waals surface area (Å²) in [6.07, 6.45) is 0. The number of anilines is 3. The van der Waals surface area contributed by atoms with Crippen LogP contribution in [-0.4, -0.2) is 30.1 Å². The fourth-order valence-corrected chi connectivity index (χ4v) is 1.97. The van der Waals surface area contributed by atoms with Gasteiger partial charge in [-0.3, -0.25) is 5.32 Å². The SMILES string of the molecule is Cc1cc(N(C)C)nc(NC(=O)Nc2ccc(Cl)c(Cl)c2)n1. The van der Waals surface area contributed by atoms with E-state index in [1.807, 2.05) is 32.0 Å². The van der Waals surface area contributed by atoms with Crippen molar-refractivity contribution in [2.24, 2.45) is 0 Å². The number of carbonyl (C=O) groups is 1. The summed E-state index contributed by atoms with van der Waals surface area (Å²) in [5.74, 6) is 0.929. The standard InChI is InChI=1S/C14H15Cl2N5O/c1-8-6-12(21(2)3)19-13(17-8)20-14(22)18-9-4-5-10(15)11(16)7-9/h4-7H,1-3H3,(H2,17,18,19,20,22). The lowest BCUT2D eigenvalue weighted by atomic mass is 10.3. The second-order valence-electron chi connectivity index (χ2n) is 4.79. The number of nitrogens with one attached hydrogen (secondary N) is 2. The molecule has 1 heterocycles. The highest BCUT2D eigenvalue weighted by Crippen LogP contribution is 2.25. The number of amides is 2. The Morgan fingerprint density at radius 3 is 2.45 bits per heavy atom. The molecule has 0 aliphatic rings. The Kier molecular flexibility index (Phi) is 5.05. The van der Waals surface area contributed by atoms with Gasteiger partial charge in [-0.15, -0.1) is 0 Å². The van der Waals surface area contributed by atoms with Crippen molar-refractivity contribution in [1.82, 2.24) is 9.97 Å². The van der Waals surface area contributed by atoms with E-state index in [9.17, 15) is 4.79 Å². The minimum Gasteiger partial charge on any atom is -0.363 e. The summed E-state index contributed by atoms with van der Waals surface area (Å²) in [7, 11) is 3.72. The van der Waals surface area contributed by atoms with Gasteiger partial charge in [0.1, 0.15) is 5.82 Å². The molecule has 116 valence electrons. The minimum absolute atomic E-state index is 0.223. The summed E-state index contributed by atoms with van der Waals surface area (Å²) in [6, 6.07) is 6.17. The molecule has 6 nitrogen and oxygen atoms in total. The molecule has 0 spiro atoms. The number of rotatable bonds is 3. The minimum atomic E-state index is -0.464. The monoisotopic (exact) mass is 339 g/mol. The number of nitrogens with zero attached hydrogens (tertiary/aromatic N) is 3. The molecule has 2 rings (SSSR count). The number of urea groups is 1. The van der Waals surface area contributed by atoms with Gasteiger partial charge in [-0.2, -0.15) is 4.98 Å². The molecule has 2 aromatic rings. The summed E-state index contributed by atoms with van der Waals surface area (Å²) in [5.41, 5.74) is 1.27. The molecule has 1 aromatic heterocycles. The van der Waals surface area contributed by atoms with Gasteiger partial charge in [-0.05, 0) is 25.1 Å². The number of carbonyl (C=O) groups excluding carboxylic acids is 1. The van der Waals surface area contributed by atoms with Crippen molar-refractivity contribution in [3.05, 3.63) is 40.0 Å². The zero-order chi connectivity index (χ0) is 16.3. The van der Waals surface area contributed by atoms with E-state index in [0.717, 1.165) is 5.69 Å². The molecule has 2 N–H and O–H groups in total. The van der Waals surface area contributed by atoms with Gasteiger partial charge in [-0.25, -0.2) is 9.78 Å². The Labute approximate surface area is 138 Å². The maximum absolute atomic E-state index is 12.0. The molecule has 0 bridgehead atoms. The molecule has 2 amide bonds. The number of benzene rings is 1. The van der Waals surface area contributed by atoms with E-state index in [1.54, 1.807) is 18.2 Å². The van der Waals surface area contributed by atoms with Gasteiger partial charge in [0.25, 0.3) is 0 Å². The van der Waals surface area contributed by atoms with Gasteiger partial charge < -0.3 is 10.2 Å². The zero-order valence-electron chi connectivity index (χ0n) is 12.3. The van der Waals surface area contributed by atoms with Gasteiger partial charge in [0.05, 0.1) is 10.0 Å². The molecule has 22 heavy (non-hydrogen) atoms. The summed E-state index contributed by atoms with van der Waals surface area (Å²) in [6.45, 7) is 1.83. The topological polar surface area (TPSA) is 70.2 Å². The number of hydrogen-bond donors (Lipinski definition) is 2. The summed E-state index contributed by atoms with van der Waals surface area (Å²) in [4.78, 5) is 22.2. The van der Waals surface area contributed by atoms with E-state index in [0.29, 0.717) is 21.6 Å². The van der Waals surface area contributed by atoms with Crippen molar-refractivity contribution < 1.29 is 4.79 Å². The van der Waals surface area contributed by atoms with E-state index in [1.165, 1.54) is 0 Å². The van der Waals surface area contributed by atoms with Crippen LogP contribution in [0.2, 0.25) is 10.0 Å². The second kappa shape index (κ2) is 6.81. The molecule has 0 radical (unpaired) electrons. The Bertz CT molecular complexity index is 706. The first-order valence-corrected chi connectivity index (χ1v) is 7.17. The van der Waals surface area contributed by atoms with Crippen LogP contribution >= 0.6 is 23.2 Å². The molecule has 0 atom stereocenters. The Hall–Kier alpha value is -2.05. The molecule has 0 unspecified atom stereocenters. The highest BCUT2D eigenvalue weighted by atomic mass is 35.5.